The first-order chi connectivity index (χ1) is 17.7. The highest BCUT2D eigenvalue weighted by atomic mass is 35.5. The Bertz CT molecular complexity index is 1240. The average Bonchev–Trinajstić information content (AvgIpc) is 3.52. The number of hydrogen-bond donors (Lipinski definition) is 3. The molecule has 1 aliphatic heterocycles. The van der Waals surface area contributed by atoms with E-state index in [0.717, 1.165) is 75.8 Å². The number of sulfonamides is 1. The highest BCUT2D eigenvalue weighted by Gasteiger charge is 2.44. The Morgan fingerprint density at radius 2 is 1.89 bits per heavy atom. The Labute approximate surface area is 222 Å². The summed E-state index contributed by atoms with van der Waals surface area (Å²) in [6, 6.07) is 6.00. The Morgan fingerprint density at radius 1 is 1.14 bits per heavy atom. The van der Waals surface area contributed by atoms with Gasteiger partial charge in [0.1, 0.15) is 0 Å². The third kappa shape index (κ3) is 6.02. The van der Waals surface area contributed by atoms with Crippen LogP contribution in [0.4, 0.5) is 0 Å². The van der Waals surface area contributed by atoms with Crippen LogP contribution < -0.4 is 10.0 Å². The first-order valence-corrected chi connectivity index (χ1v) is 14.9. The number of nitrogens with zero attached hydrogens (tertiary/aromatic N) is 2. The summed E-state index contributed by atoms with van der Waals surface area (Å²) in [6.45, 7) is 1.66. The Hall–Kier alpha value is -2.43. The second kappa shape index (κ2) is 10.7. The molecule has 1 spiro atoms. The smallest absolute Gasteiger partial charge is 0.240 e. The van der Waals surface area contributed by atoms with Crippen LogP contribution in [0.15, 0.2) is 35.5 Å². The van der Waals surface area contributed by atoms with Crippen molar-refractivity contribution in [2.24, 2.45) is 11.3 Å². The topological polar surface area (TPSA) is 124 Å². The van der Waals surface area contributed by atoms with Crippen molar-refractivity contribution in [3.05, 3.63) is 47.0 Å². The van der Waals surface area contributed by atoms with Crippen LogP contribution in [0.1, 0.15) is 56.3 Å². The van der Waals surface area contributed by atoms with E-state index in [-0.39, 0.29) is 47.1 Å². The van der Waals surface area contributed by atoms with Crippen molar-refractivity contribution in [3.63, 3.8) is 0 Å². The molecular formula is C26H34ClN5O4S. The van der Waals surface area contributed by atoms with Crippen molar-refractivity contribution in [2.75, 3.05) is 19.6 Å². The molecule has 1 aromatic heterocycles. The zero-order valence-corrected chi connectivity index (χ0v) is 22.4. The number of carbonyl (C=O) groups is 2. The molecule has 0 radical (unpaired) electrons. The molecule has 37 heavy (non-hydrogen) atoms. The molecule has 1 atom stereocenters. The number of nitrogens with one attached hydrogen (secondary N) is 3. The van der Waals surface area contributed by atoms with Gasteiger partial charge >= 0.3 is 0 Å². The molecule has 11 heteroatoms. The number of halogens is 1. The monoisotopic (exact) mass is 547 g/mol. The van der Waals surface area contributed by atoms with Gasteiger partial charge in [0.25, 0.3) is 0 Å². The van der Waals surface area contributed by atoms with Crippen LogP contribution in [0, 0.1) is 11.3 Å². The number of carbonyl (C=O) groups excluding carboxylic acids is 2. The molecule has 0 bridgehead atoms. The molecule has 5 rings (SSSR count). The molecule has 200 valence electrons. The number of imidazole rings is 1. The van der Waals surface area contributed by atoms with Crippen molar-refractivity contribution in [1.29, 1.82) is 0 Å². The number of hydrogen-bond acceptors (Lipinski definition) is 5. The van der Waals surface area contributed by atoms with E-state index in [1.54, 1.807) is 6.33 Å². The van der Waals surface area contributed by atoms with Crippen LogP contribution in [0.25, 0.3) is 0 Å². The third-order valence-corrected chi connectivity index (χ3v) is 10.00. The summed E-state index contributed by atoms with van der Waals surface area (Å²) in [5.41, 5.74) is 2.35. The summed E-state index contributed by atoms with van der Waals surface area (Å²) < 4.78 is 27.2. The van der Waals surface area contributed by atoms with Gasteiger partial charge in [-0.05, 0) is 74.6 Å². The summed E-state index contributed by atoms with van der Waals surface area (Å²) in [5, 5.41) is 3.53. The number of aromatic nitrogens is 2. The molecule has 2 aromatic rings. The van der Waals surface area contributed by atoms with Crippen molar-refractivity contribution in [1.82, 2.24) is 24.9 Å². The predicted octanol–water partition coefficient (Wildman–Crippen LogP) is 2.81. The minimum atomic E-state index is -3.68. The van der Waals surface area contributed by atoms with Crippen LogP contribution in [-0.2, 0) is 32.5 Å². The van der Waals surface area contributed by atoms with E-state index in [1.165, 1.54) is 24.3 Å². The van der Waals surface area contributed by atoms with E-state index < -0.39 is 10.0 Å². The fourth-order valence-corrected chi connectivity index (χ4v) is 7.23. The molecule has 2 aliphatic carbocycles. The number of benzene rings is 1. The maximum Gasteiger partial charge on any atom is 0.240 e. The zero-order chi connectivity index (χ0) is 26.0. The van der Waals surface area contributed by atoms with Crippen molar-refractivity contribution < 1.29 is 18.0 Å². The van der Waals surface area contributed by atoms with Gasteiger partial charge < -0.3 is 15.2 Å². The van der Waals surface area contributed by atoms with E-state index in [9.17, 15) is 18.0 Å². The van der Waals surface area contributed by atoms with Gasteiger partial charge in [-0.2, -0.15) is 0 Å². The molecule has 9 nitrogen and oxygen atoms in total. The quantitative estimate of drug-likeness (QED) is 0.491. The maximum absolute atomic E-state index is 13.2. The fourth-order valence-electron chi connectivity index (χ4n) is 6.07. The van der Waals surface area contributed by atoms with Crippen molar-refractivity contribution >= 4 is 33.4 Å². The minimum absolute atomic E-state index is 0.0335. The molecule has 3 N–H and O–H groups in total. The Balaban J connectivity index is 1.04. The molecule has 1 saturated carbocycles. The number of rotatable bonds is 7. The number of likely N-dealkylation sites (tertiary alicyclic amines) is 1. The molecule has 3 aliphatic rings. The van der Waals surface area contributed by atoms with Crippen LogP contribution in [0.3, 0.4) is 0 Å². The zero-order valence-electron chi connectivity index (χ0n) is 20.8. The number of aryl methyl sites for hydroxylation is 1. The van der Waals surface area contributed by atoms with E-state index >= 15 is 0 Å². The van der Waals surface area contributed by atoms with Gasteiger partial charge in [-0.25, -0.2) is 18.1 Å². The normalized spacial score (nSPS) is 25.7. The van der Waals surface area contributed by atoms with E-state index in [1.807, 2.05) is 0 Å². The SMILES string of the molecule is O=C(CCNS(=O)(=O)c1ccc(Cl)cc1)NC1CCC2(CC1)CCN(C(=O)C1CCc3nc[nH]c3C1)C2. The Kier molecular flexibility index (Phi) is 7.60. The number of H-pyrrole nitrogens is 1. The van der Waals surface area contributed by atoms with Crippen LogP contribution in [0.5, 0.6) is 0 Å². The molecule has 2 amide bonds. The van der Waals surface area contributed by atoms with E-state index in [2.05, 4.69) is 24.9 Å². The van der Waals surface area contributed by atoms with Gasteiger partial charge in [0.05, 0.1) is 16.9 Å². The first kappa shape index (κ1) is 26.2. The van der Waals surface area contributed by atoms with Gasteiger partial charge in [0.15, 0.2) is 0 Å². The second-order valence-corrected chi connectivity index (χ2v) is 12.9. The van der Waals surface area contributed by atoms with Crippen molar-refractivity contribution in [3.8, 4) is 0 Å². The van der Waals surface area contributed by atoms with Crippen LogP contribution in [0.2, 0.25) is 5.02 Å². The average molecular weight is 548 g/mol. The van der Waals surface area contributed by atoms with E-state index in [4.69, 9.17) is 11.6 Å². The summed E-state index contributed by atoms with van der Waals surface area (Å²) in [7, 11) is -3.68. The molecule has 1 aromatic carbocycles. The third-order valence-electron chi connectivity index (χ3n) is 8.27. The van der Waals surface area contributed by atoms with Gasteiger partial charge in [-0.1, -0.05) is 11.6 Å². The lowest BCUT2D eigenvalue weighted by Gasteiger charge is -2.37. The molecule has 1 unspecified atom stereocenters. The second-order valence-electron chi connectivity index (χ2n) is 10.7. The summed E-state index contributed by atoms with van der Waals surface area (Å²) >= 11 is 5.82. The maximum atomic E-state index is 13.2. The lowest BCUT2D eigenvalue weighted by atomic mass is 9.72. The van der Waals surface area contributed by atoms with Crippen molar-refractivity contribution in [2.45, 2.75) is 68.7 Å². The summed E-state index contributed by atoms with van der Waals surface area (Å²) in [5.74, 6) is 0.155. The highest BCUT2D eigenvalue weighted by Crippen LogP contribution is 2.44. The van der Waals surface area contributed by atoms with E-state index in [0.29, 0.717) is 5.02 Å². The molecule has 2 heterocycles. The standard InChI is InChI=1S/C26H34ClN5O4S/c27-19-2-4-21(5-3-19)37(35,36)30-13-9-24(33)31-20-7-10-26(11-8-20)12-14-32(16-26)25(34)18-1-6-22-23(15-18)29-17-28-22/h2-5,17-18,20,30H,1,6-16H2,(H,28,29)(H,31,33). The van der Waals surface area contributed by atoms with Gasteiger partial charge in [-0.15, -0.1) is 0 Å². The number of amides is 2. The Morgan fingerprint density at radius 3 is 2.65 bits per heavy atom. The van der Waals surface area contributed by atoms with Gasteiger partial charge in [0, 0.05) is 55.2 Å². The highest BCUT2D eigenvalue weighted by molar-refractivity contribution is 7.89. The number of aromatic amines is 1. The van der Waals surface area contributed by atoms with Gasteiger partial charge in [0.2, 0.25) is 21.8 Å². The van der Waals surface area contributed by atoms with Crippen LogP contribution in [-0.4, -0.2) is 60.8 Å². The molecule has 2 fully saturated rings. The number of fused-ring (bicyclic) bond motifs is 1. The fraction of sp³-hybridized carbons (Fsp3) is 0.577. The molecule has 1 saturated heterocycles. The van der Waals surface area contributed by atoms with Gasteiger partial charge in [-0.3, -0.25) is 9.59 Å². The lowest BCUT2D eigenvalue weighted by molar-refractivity contribution is -0.135. The molecular weight excluding hydrogens is 514 g/mol. The minimum Gasteiger partial charge on any atom is -0.353 e. The van der Waals surface area contributed by atoms with Crippen LogP contribution >= 0.6 is 11.6 Å². The largest absolute Gasteiger partial charge is 0.353 e. The summed E-state index contributed by atoms with van der Waals surface area (Å²) in [6.07, 6.45) is 9.03. The first-order valence-electron chi connectivity index (χ1n) is 13.1. The summed E-state index contributed by atoms with van der Waals surface area (Å²) in [4.78, 5) is 35.4. The predicted molar refractivity (Wildman–Crippen MR) is 139 cm³/mol. The lowest BCUT2D eigenvalue weighted by Crippen LogP contribution is -2.43.